The van der Waals surface area contributed by atoms with Crippen LogP contribution in [0.2, 0.25) is 0 Å². The van der Waals surface area contributed by atoms with Gasteiger partial charge in [-0.25, -0.2) is 0 Å². The fourth-order valence-corrected chi connectivity index (χ4v) is 4.84. The van der Waals surface area contributed by atoms with Crippen LogP contribution in [0.3, 0.4) is 0 Å². The van der Waals surface area contributed by atoms with Crippen LogP contribution in [0.5, 0.6) is 0 Å². The van der Waals surface area contributed by atoms with Gasteiger partial charge in [0.1, 0.15) is 17.3 Å². The second-order valence-corrected chi connectivity index (χ2v) is 7.40. The van der Waals surface area contributed by atoms with Gasteiger partial charge >= 0.3 is 0 Å². The number of hydrogen-bond acceptors (Lipinski definition) is 7. The summed E-state index contributed by atoms with van der Waals surface area (Å²) in [6, 6.07) is 3.58. The molecule has 23 heavy (non-hydrogen) atoms. The van der Waals surface area contributed by atoms with Crippen LogP contribution < -0.4 is 0 Å². The second-order valence-electron chi connectivity index (χ2n) is 7.40. The van der Waals surface area contributed by atoms with Crippen molar-refractivity contribution in [3.8, 4) is 0 Å². The first kappa shape index (κ1) is 14.6. The first-order valence-electron chi connectivity index (χ1n) is 7.56. The van der Waals surface area contributed by atoms with Crippen LogP contribution in [0, 0.1) is 25.6 Å². The lowest BCUT2D eigenvalue weighted by molar-refractivity contribution is -0.679. The molecule has 1 aromatic heterocycles. The summed E-state index contributed by atoms with van der Waals surface area (Å²) in [7, 11) is 0. The Morgan fingerprint density at radius 1 is 1.09 bits per heavy atom. The molecule has 124 valence electrons. The molecule has 1 aromatic rings. The average Bonchev–Trinajstić information content (AvgIpc) is 2.96. The number of furan rings is 1. The Morgan fingerprint density at radius 3 is 1.91 bits per heavy atom. The first-order valence-corrected chi connectivity index (χ1v) is 7.56. The van der Waals surface area contributed by atoms with E-state index in [9.17, 15) is 20.2 Å². The predicted octanol–water partition coefficient (Wildman–Crippen LogP) is 0.980. The van der Waals surface area contributed by atoms with Gasteiger partial charge < -0.3 is 4.42 Å². The Labute approximate surface area is 132 Å². The predicted molar refractivity (Wildman–Crippen MR) is 77.8 cm³/mol. The van der Waals surface area contributed by atoms with Gasteiger partial charge in [0.25, 0.3) is 11.1 Å². The highest BCUT2D eigenvalue weighted by atomic mass is 16.6. The summed E-state index contributed by atoms with van der Waals surface area (Å²) in [5.41, 5.74) is -3.73. The quantitative estimate of drug-likeness (QED) is 0.603. The SMILES string of the molecule is CC1(C)C2([N+](=O)[O-])CN3CC1([N+](=O)[O-])CN(C2)C3c1ccco1. The standard InChI is InChI=1S/C14H18N4O5/c1-12(2)13(17(19)20)6-15-8-14(12,18(21)22)9-16(7-13)11(15)10-4-3-5-23-10/h3-5,11H,6-9H2,1-2H3. The van der Waals surface area contributed by atoms with Crippen LogP contribution in [-0.4, -0.2) is 56.9 Å². The molecule has 0 radical (unpaired) electrons. The Balaban J connectivity index is 1.87. The lowest BCUT2D eigenvalue weighted by Crippen LogP contribution is -2.88. The second kappa shape index (κ2) is 4.09. The van der Waals surface area contributed by atoms with Gasteiger partial charge in [0.15, 0.2) is 0 Å². The number of nitro groups is 2. The summed E-state index contributed by atoms with van der Waals surface area (Å²) < 4.78 is 5.48. The molecule has 0 unspecified atom stereocenters. The molecule has 9 heteroatoms. The molecule has 4 fully saturated rings. The Kier molecular flexibility index (Phi) is 2.60. The van der Waals surface area contributed by atoms with Crippen LogP contribution in [0.25, 0.3) is 0 Å². The van der Waals surface area contributed by atoms with Crippen LogP contribution in [-0.2, 0) is 0 Å². The van der Waals surface area contributed by atoms with Crippen LogP contribution >= 0.6 is 0 Å². The highest BCUT2D eigenvalue weighted by Crippen LogP contribution is 2.58. The zero-order valence-corrected chi connectivity index (χ0v) is 13.0. The van der Waals surface area contributed by atoms with Crippen molar-refractivity contribution in [1.29, 1.82) is 0 Å². The molecule has 4 saturated heterocycles. The molecule has 5 rings (SSSR count). The van der Waals surface area contributed by atoms with Crippen molar-refractivity contribution >= 4 is 0 Å². The Bertz CT molecular complexity index is 633. The monoisotopic (exact) mass is 322 g/mol. The molecule has 4 bridgehead atoms. The van der Waals surface area contributed by atoms with E-state index in [2.05, 4.69) is 0 Å². The van der Waals surface area contributed by atoms with Crippen molar-refractivity contribution in [2.45, 2.75) is 31.1 Å². The first-order chi connectivity index (χ1) is 10.8. The molecule has 0 amide bonds. The van der Waals surface area contributed by atoms with Gasteiger partial charge in [-0.2, -0.15) is 0 Å². The van der Waals surface area contributed by atoms with E-state index < -0.39 is 16.5 Å². The third-order valence-corrected chi connectivity index (χ3v) is 6.37. The zero-order valence-electron chi connectivity index (χ0n) is 13.0. The van der Waals surface area contributed by atoms with E-state index >= 15 is 0 Å². The summed E-state index contributed by atoms with van der Waals surface area (Å²) in [5, 5.41) is 23.9. The molecular formula is C14H18N4O5. The lowest BCUT2D eigenvalue weighted by Gasteiger charge is -2.65. The summed E-state index contributed by atoms with van der Waals surface area (Å²) >= 11 is 0. The van der Waals surface area contributed by atoms with Gasteiger partial charge in [0, 0.05) is 9.85 Å². The molecule has 5 heterocycles. The minimum absolute atomic E-state index is 0.199. The van der Waals surface area contributed by atoms with Crippen LogP contribution in [0.4, 0.5) is 0 Å². The van der Waals surface area contributed by atoms with E-state index in [0.29, 0.717) is 5.76 Å². The fraction of sp³-hybridized carbons (Fsp3) is 0.714. The van der Waals surface area contributed by atoms with E-state index in [1.807, 2.05) is 15.9 Å². The topological polar surface area (TPSA) is 106 Å². The smallest absolute Gasteiger partial charge is 0.259 e. The van der Waals surface area contributed by atoms with E-state index in [1.165, 1.54) is 0 Å². The summed E-state index contributed by atoms with van der Waals surface area (Å²) in [6.07, 6.45) is 1.29. The maximum Gasteiger partial charge on any atom is 0.259 e. The average molecular weight is 322 g/mol. The van der Waals surface area contributed by atoms with Crippen LogP contribution in [0.15, 0.2) is 22.8 Å². The highest BCUT2D eigenvalue weighted by molar-refractivity contribution is 5.24. The van der Waals surface area contributed by atoms with Gasteiger partial charge in [-0.05, 0) is 26.0 Å². The lowest BCUT2D eigenvalue weighted by atomic mass is 9.53. The van der Waals surface area contributed by atoms with Crippen molar-refractivity contribution in [2.24, 2.45) is 5.41 Å². The third-order valence-electron chi connectivity index (χ3n) is 6.37. The molecule has 0 atom stereocenters. The molecule has 4 aliphatic rings. The van der Waals surface area contributed by atoms with Gasteiger partial charge in [-0.3, -0.25) is 30.0 Å². The number of nitrogens with zero attached hydrogens (tertiary/aromatic N) is 4. The van der Waals surface area contributed by atoms with Crippen molar-refractivity contribution < 1.29 is 14.3 Å². The Morgan fingerprint density at radius 2 is 1.57 bits per heavy atom. The van der Waals surface area contributed by atoms with Crippen molar-refractivity contribution in [3.63, 3.8) is 0 Å². The van der Waals surface area contributed by atoms with E-state index in [0.717, 1.165) is 0 Å². The van der Waals surface area contributed by atoms with Gasteiger partial charge in [-0.1, -0.05) is 0 Å². The molecule has 4 aliphatic heterocycles. The number of rotatable bonds is 3. The van der Waals surface area contributed by atoms with Gasteiger partial charge in [0.05, 0.1) is 32.4 Å². The molecule has 0 aliphatic carbocycles. The van der Waals surface area contributed by atoms with Gasteiger partial charge in [-0.15, -0.1) is 0 Å². The van der Waals surface area contributed by atoms with E-state index in [1.54, 1.807) is 26.2 Å². The fourth-order valence-electron chi connectivity index (χ4n) is 4.84. The van der Waals surface area contributed by atoms with Gasteiger partial charge in [0.2, 0.25) is 0 Å². The molecule has 0 aromatic carbocycles. The zero-order chi connectivity index (χ0) is 16.6. The summed E-state index contributed by atoms with van der Waals surface area (Å²) in [4.78, 5) is 26.9. The minimum atomic E-state index is -1.35. The van der Waals surface area contributed by atoms with Crippen molar-refractivity contribution in [3.05, 3.63) is 44.4 Å². The number of hydrogen-bond donors (Lipinski definition) is 0. The van der Waals surface area contributed by atoms with Crippen molar-refractivity contribution in [2.75, 3.05) is 26.2 Å². The number of piperidine rings is 2. The molecular weight excluding hydrogens is 304 g/mol. The summed E-state index contributed by atoms with van der Waals surface area (Å²) in [6.45, 7) is 4.16. The molecule has 0 N–H and O–H groups in total. The third kappa shape index (κ3) is 1.44. The van der Waals surface area contributed by atoms with E-state index in [-0.39, 0.29) is 42.2 Å². The summed E-state index contributed by atoms with van der Waals surface area (Å²) in [5.74, 6) is 0.679. The van der Waals surface area contributed by atoms with Crippen molar-refractivity contribution in [1.82, 2.24) is 9.80 Å². The molecule has 9 nitrogen and oxygen atoms in total. The molecule has 0 spiro atoms. The Hall–Kier alpha value is -2.00. The minimum Gasteiger partial charge on any atom is -0.466 e. The largest absolute Gasteiger partial charge is 0.466 e. The van der Waals surface area contributed by atoms with E-state index in [4.69, 9.17) is 4.42 Å². The maximum atomic E-state index is 11.9. The maximum absolute atomic E-state index is 11.9. The highest BCUT2D eigenvalue weighted by Gasteiger charge is 2.82. The van der Waals surface area contributed by atoms with Crippen LogP contribution in [0.1, 0.15) is 25.8 Å². The normalized spacial score (nSPS) is 43.5. The molecule has 0 saturated carbocycles.